The smallest absolute Gasteiger partial charge is 0.271 e. The Morgan fingerprint density at radius 2 is 1.72 bits per heavy atom. The van der Waals surface area contributed by atoms with Crippen LogP contribution in [0, 0.1) is 17.0 Å². The van der Waals surface area contributed by atoms with Gasteiger partial charge in [0.15, 0.2) is 5.11 Å². The van der Waals surface area contributed by atoms with E-state index in [4.69, 9.17) is 17.0 Å². The Morgan fingerprint density at radius 1 is 1.03 bits per heavy atom. The minimum atomic E-state index is -0.804. The summed E-state index contributed by atoms with van der Waals surface area (Å²) in [5.74, 6) is 0.0651. The molecule has 0 aromatic heterocycles. The summed E-state index contributed by atoms with van der Waals surface area (Å²) in [7, 11) is 1.45. The minimum Gasteiger partial charge on any atom is -0.495 e. The number of nitrogens with one attached hydrogen (secondary N) is 3. The molecular weight excluding hydrogens is 428 g/mol. The number of non-ortho nitro benzene ring substituents is 1. The Kier molecular flexibility index (Phi) is 7.35. The first-order valence-corrected chi connectivity index (χ1v) is 10.1. The van der Waals surface area contributed by atoms with Gasteiger partial charge >= 0.3 is 0 Å². The highest BCUT2D eigenvalue weighted by Gasteiger charge is 2.22. The Morgan fingerprint density at radius 3 is 2.34 bits per heavy atom. The molecule has 3 aromatic rings. The summed E-state index contributed by atoms with van der Waals surface area (Å²) in [6.07, 6.45) is 0. The lowest BCUT2D eigenvalue weighted by Gasteiger charge is -2.21. The number of nitro benzene ring substituents is 1. The van der Waals surface area contributed by atoms with Crippen LogP contribution in [0.15, 0.2) is 72.8 Å². The zero-order valence-corrected chi connectivity index (χ0v) is 18.3. The number of hydrogen-bond donors (Lipinski definition) is 3. The number of thiocarbonyl (C=S) groups is 1. The van der Waals surface area contributed by atoms with Crippen molar-refractivity contribution in [2.75, 3.05) is 17.7 Å². The summed E-state index contributed by atoms with van der Waals surface area (Å²) in [5.41, 5.74) is 2.63. The Bertz CT molecular complexity index is 1120. The monoisotopic (exact) mass is 450 g/mol. The predicted octanol–water partition coefficient (Wildman–Crippen LogP) is 4.58. The molecule has 0 aliphatic heterocycles. The third-order valence-electron chi connectivity index (χ3n) is 4.63. The van der Waals surface area contributed by atoms with Gasteiger partial charge in [0, 0.05) is 17.8 Å². The molecule has 1 unspecified atom stereocenters. The highest BCUT2D eigenvalue weighted by Crippen LogP contribution is 2.29. The lowest BCUT2D eigenvalue weighted by atomic mass is 10.1. The molecule has 0 radical (unpaired) electrons. The van der Waals surface area contributed by atoms with Crippen molar-refractivity contribution in [2.45, 2.75) is 13.0 Å². The van der Waals surface area contributed by atoms with E-state index < -0.39 is 11.0 Å². The Balaban J connectivity index is 1.81. The maximum Gasteiger partial charge on any atom is 0.271 e. The molecule has 32 heavy (non-hydrogen) atoms. The SMILES string of the molecule is COc1ccc([N+](=O)[O-])cc1NC(=S)NC(C(=O)Nc1ccc(C)cc1)c1ccccc1. The van der Waals surface area contributed by atoms with Gasteiger partial charge in [0.2, 0.25) is 0 Å². The van der Waals surface area contributed by atoms with Crippen LogP contribution in [0.1, 0.15) is 17.2 Å². The van der Waals surface area contributed by atoms with Crippen molar-refractivity contribution in [3.63, 3.8) is 0 Å². The lowest BCUT2D eigenvalue weighted by molar-refractivity contribution is -0.384. The van der Waals surface area contributed by atoms with Crippen LogP contribution in [-0.4, -0.2) is 23.1 Å². The van der Waals surface area contributed by atoms with Gasteiger partial charge in [0.05, 0.1) is 17.7 Å². The van der Waals surface area contributed by atoms with E-state index in [-0.39, 0.29) is 16.7 Å². The number of aryl methyl sites for hydroxylation is 1. The number of ether oxygens (including phenoxy) is 1. The molecule has 0 fully saturated rings. The first kappa shape index (κ1) is 22.7. The van der Waals surface area contributed by atoms with Crippen LogP contribution < -0.4 is 20.7 Å². The van der Waals surface area contributed by atoms with E-state index >= 15 is 0 Å². The number of nitro groups is 1. The van der Waals surface area contributed by atoms with E-state index in [0.29, 0.717) is 22.7 Å². The number of amides is 1. The van der Waals surface area contributed by atoms with E-state index in [2.05, 4.69) is 16.0 Å². The van der Waals surface area contributed by atoms with Crippen LogP contribution in [0.5, 0.6) is 5.75 Å². The quantitative estimate of drug-likeness (QED) is 0.275. The van der Waals surface area contributed by atoms with Crippen molar-refractivity contribution in [1.82, 2.24) is 5.32 Å². The summed E-state index contributed by atoms with van der Waals surface area (Å²) in [6.45, 7) is 1.96. The van der Waals surface area contributed by atoms with Gasteiger partial charge in [0.1, 0.15) is 11.8 Å². The van der Waals surface area contributed by atoms with Crippen molar-refractivity contribution >= 4 is 40.3 Å². The summed E-state index contributed by atoms with van der Waals surface area (Å²) >= 11 is 5.40. The normalized spacial score (nSPS) is 11.2. The largest absolute Gasteiger partial charge is 0.495 e. The summed E-state index contributed by atoms with van der Waals surface area (Å²) in [5, 5.41) is 20.0. The van der Waals surface area contributed by atoms with E-state index in [0.717, 1.165) is 5.56 Å². The van der Waals surface area contributed by atoms with Gasteiger partial charge < -0.3 is 20.7 Å². The van der Waals surface area contributed by atoms with Crippen molar-refractivity contribution in [2.24, 2.45) is 0 Å². The number of nitrogens with zero attached hydrogens (tertiary/aromatic N) is 1. The molecule has 0 aliphatic carbocycles. The predicted molar refractivity (Wildman–Crippen MR) is 128 cm³/mol. The van der Waals surface area contributed by atoms with Crippen LogP contribution in [0.25, 0.3) is 0 Å². The molecule has 0 aliphatic rings. The number of methoxy groups -OCH3 is 1. The third kappa shape index (κ3) is 5.79. The molecule has 0 saturated carbocycles. The first-order chi connectivity index (χ1) is 15.4. The molecule has 1 atom stereocenters. The van der Waals surface area contributed by atoms with Gasteiger partial charge in [0.25, 0.3) is 11.6 Å². The van der Waals surface area contributed by atoms with Crippen molar-refractivity contribution < 1.29 is 14.5 Å². The number of carbonyl (C=O) groups excluding carboxylic acids is 1. The highest BCUT2D eigenvalue weighted by molar-refractivity contribution is 7.80. The molecule has 3 N–H and O–H groups in total. The summed E-state index contributed by atoms with van der Waals surface area (Å²) < 4.78 is 5.25. The van der Waals surface area contributed by atoms with Crippen molar-refractivity contribution in [3.05, 3.63) is 94.0 Å². The second-order valence-electron chi connectivity index (χ2n) is 6.94. The van der Waals surface area contributed by atoms with Gasteiger partial charge in [-0.3, -0.25) is 14.9 Å². The Labute approximate surface area is 190 Å². The molecular formula is C23H22N4O4S. The number of carbonyl (C=O) groups is 1. The summed E-state index contributed by atoms with van der Waals surface area (Å²) in [4.78, 5) is 23.7. The second kappa shape index (κ2) is 10.4. The van der Waals surface area contributed by atoms with Gasteiger partial charge in [-0.2, -0.15) is 0 Å². The van der Waals surface area contributed by atoms with Crippen LogP contribution in [0.4, 0.5) is 17.1 Å². The first-order valence-electron chi connectivity index (χ1n) is 9.70. The maximum atomic E-state index is 13.1. The van der Waals surface area contributed by atoms with Crippen LogP contribution >= 0.6 is 12.2 Å². The minimum absolute atomic E-state index is 0.108. The van der Waals surface area contributed by atoms with Gasteiger partial charge in [-0.25, -0.2) is 0 Å². The van der Waals surface area contributed by atoms with Crippen LogP contribution in [-0.2, 0) is 4.79 Å². The number of anilines is 2. The van der Waals surface area contributed by atoms with E-state index in [1.807, 2.05) is 61.5 Å². The molecule has 0 saturated heterocycles. The molecule has 3 rings (SSSR count). The van der Waals surface area contributed by atoms with Crippen LogP contribution in [0.3, 0.4) is 0 Å². The molecule has 8 nitrogen and oxygen atoms in total. The van der Waals surface area contributed by atoms with Gasteiger partial charge in [-0.1, -0.05) is 48.0 Å². The molecule has 0 bridgehead atoms. The van der Waals surface area contributed by atoms with E-state index in [1.54, 1.807) is 0 Å². The number of benzene rings is 3. The average molecular weight is 451 g/mol. The fourth-order valence-corrected chi connectivity index (χ4v) is 3.22. The maximum absolute atomic E-state index is 13.1. The van der Waals surface area contributed by atoms with Crippen LogP contribution in [0.2, 0.25) is 0 Å². The molecule has 3 aromatic carbocycles. The van der Waals surface area contributed by atoms with Crippen molar-refractivity contribution in [3.8, 4) is 5.75 Å². The molecule has 9 heteroatoms. The fourth-order valence-electron chi connectivity index (χ4n) is 2.99. The third-order valence-corrected chi connectivity index (χ3v) is 4.85. The standard InChI is InChI=1S/C23H22N4O4S/c1-15-8-10-17(11-9-15)24-22(28)21(16-6-4-3-5-7-16)26-23(32)25-19-14-18(27(29)30)12-13-20(19)31-2/h3-14,21H,1-2H3,(H,24,28)(H2,25,26,32). The van der Waals surface area contributed by atoms with Gasteiger partial charge in [-0.15, -0.1) is 0 Å². The molecule has 0 heterocycles. The Hall–Kier alpha value is -3.98. The zero-order chi connectivity index (χ0) is 23.1. The second-order valence-corrected chi connectivity index (χ2v) is 7.35. The lowest BCUT2D eigenvalue weighted by Crippen LogP contribution is -2.39. The highest BCUT2D eigenvalue weighted by atomic mass is 32.1. The number of rotatable bonds is 7. The molecule has 1 amide bonds. The van der Waals surface area contributed by atoms with Crippen molar-refractivity contribution in [1.29, 1.82) is 0 Å². The van der Waals surface area contributed by atoms with Gasteiger partial charge in [-0.05, 0) is 42.9 Å². The molecule has 164 valence electrons. The summed E-state index contributed by atoms with van der Waals surface area (Å²) in [6, 6.07) is 19.9. The zero-order valence-electron chi connectivity index (χ0n) is 17.5. The average Bonchev–Trinajstić information content (AvgIpc) is 2.79. The fraction of sp³-hybridized carbons (Fsp3) is 0.130. The molecule has 0 spiro atoms. The van der Waals surface area contributed by atoms with E-state index in [9.17, 15) is 14.9 Å². The van der Waals surface area contributed by atoms with E-state index in [1.165, 1.54) is 25.3 Å². The number of hydrogen-bond acceptors (Lipinski definition) is 5. The topological polar surface area (TPSA) is 106 Å².